The van der Waals surface area contributed by atoms with Crippen molar-refractivity contribution in [3.63, 3.8) is 0 Å². The first kappa shape index (κ1) is 10.0. The van der Waals surface area contributed by atoms with E-state index < -0.39 is 0 Å². The highest BCUT2D eigenvalue weighted by Crippen LogP contribution is 2.21. The zero-order valence-electron chi connectivity index (χ0n) is 8.25. The van der Waals surface area contributed by atoms with Crippen LogP contribution in [0.25, 0.3) is 10.4 Å². The van der Waals surface area contributed by atoms with Gasteiger partial charge in [-0.2, -0.15) is 0 Å². The standard InChI is InChI=1S/C9H10N4OS/c1-6-2-3-8(15-6)9(14)13-4-7(5-13)11-12-10/h2-3,7H,4-5H2,1H3. The quantitative estimate of drug-likeness (QED) is 0.429. The maximum Gasteiger partial charge on any atom is 0.263 e. The Labute approximate surface area is 90.9 Å². The van der Waals surface area contributed by atoms with E-state index >= 15 is 0 Å². The second-order valence-electron chi connectivity index (χ2n) is 3.48. The van der Waals surface area contributed by atoms with Crippen LogP contribution in [0.15, 0.2) is 17.2 Å². The molecule has 0 N–H and O–H groups in total. The molecule has 0 unspecified atom stereocenters. The fraction of sp³-hybridized carbons (Fsp3) is 0.444. The summed E-state index contributed by atoms with van der Waals surface area (Å²) in [4.78, 5) is 18.1. The molecule has 0 bridgehead atoms. The molecule has 1 aromatic rings. The van der Waals surface area contributed by atoms with E-state index in [2.05, 4.69) is 10.0 Å². The molecular weight excluding hydrogens is 212 g/mol. The Morgan fingerprint density at radius 3 is 2.93 bits per heavy atom. The van der Waals surface area contributed by atoms with Gasteiger partial charge in [0.25, 0.3) is 5.91 Å². The van der Waals surface area contributed by atoms with E-state index in [9.17, 15) is 4.79 Å². The SMILES string of the molecule is Cc1ccc(C(=O)N2CC(N=[N+]=[N-])C2)s1. The first-order valence-electron chi connectivity index (χ1n) is 4.60. The molecular formula is C9H10N4OS. The number of likely N-dealkylation sites (tertiary alicyclic amines) is 1. The average Bonchev–Trinajstić information content (AvgIpc) is 2.56. The summed E-state index contributed by atoms with van der Waals surface area (Å²) in [5.74, 6) is 0.0393. The highest BCUT2D eigenvalue weighted by molar-refractivity contribution is 7.13. The highest BCUT2D eigenvalue weighted by atomic mass is 32.1. The zero-order valence-corrected chi connectivity index (χ0v) is 9.07. The van der Waals surface area contributed by atoms with Crippen LogP contribution in [0.5, 0.6) is 0 Å². The molecule has 2 heterocycles. The minimum Gasteiger partial charge on any atom is -0.337 e. The first-order valence-corrected chi connectivity index (χ1v) is 5.42. The number of hydrogen-bond acceptors (Lipinski definition) is 3. The van der Waals surface area contributed by atoms with Crippen LogP contribution in [-0.2, 0) is 0 Å². The maximum absolute atomic E-state index is 11.8. The number of thiophene rings is 1. The van der Waals surface area contributed by atoms with Gasteiger partial charge in [-0.25, -0.2) is 0 Å². The number of amides is 1. The summed E-state index contributed by atoms with van der Waals surface area (Å²) in [6.07, 6.45) is 0. The maximum atomic E-state index is 11.8. The number of aryl methyl sites for hydroxylation is 1. The Balaban J connectivity index is 1.97. The average molecular weight is 222 g/mol. The molecule has 0 spiro atoms. The Morgan fingerprint density at radius 2 is 2.40 bits per heavy atom. The van der Waals surface area contributed by atoms with Crippen LogP contribution in [0.4, 0.5) is 0 Å². The van der Waals surface area contributed by atoms with Crippen molar-refractivity contribution in [2.24, 2.45) is 5.11 Å². The molecule has 5 nitrogen and oxygen atoms in total. The van der Waals surface area contributed by atoms with Gasteiger partial charge in [-0.05, 0) is 24.6 Å². The van der Waals surface area contributed by atoms with Gasteiger partial charge in [0.05, 0.1) is 10.9 Å². The van der Waals surface area contributed by atoms with Gasteiger partial charge < -0.3 is 4.90 Å². The van der Waals surface area contributed by atoms with Gasteiger partial charge >= 0.3 is 0 Å². The van der Waals surface area contributed by atoms with E-state index in [0.29, 0.717) is 13.1 Å². The molecule has 0 radical (unpaired) electrons. The molecule has 1 saturated heterocycles. The second kappa shape index (κ2) is 3.92. The zero-order chi connectivity index (χ0) is 10.8. The number of carbonyl (C=O) groups excluding carboxylic acids is 1. The van der Waals surface area contributed by atoms with E-state index in [1.165, 1.54) is 11.3 Å². The van der Waals surface area contributed by atoms with E-state index in [4.69, 9.17) is 5.53 Å². The van der Waals surface area contributed by atoms with Crippen LogP contribution < -0.4 is 0 Å². The van der Waals surface area contributed by atoms with Gasteiger partial charge in [0.15, 0.2) is 0 Å². The third-order valence-corrected chi connectivity index (χ3v) is 3.30. The number of azide groups is 1. The van der Waals surface area contributed by atoms with E-state index in [1.807, 2.05) is 19.1 Å². The number of nitrogens with zero attached hydrogens (tertiary/aromatic N) is 4. The predicted molar refractivity (Wildman–Crippen MR) is 57.9 cm³/mol. The van der Waals surface area contributed by atoms with Crippen molar-refractivity contribution < 1.29 is 4.79 Å². The highest BCUT2D eigenvalue weighted by Gasteiger charge is 2.30. The topological polar surface area (TPSA) is 69.1 Å². The number of hydrogen-bond donors (Lipinski definition) is 0. The lowest BCUT2D eigenvalue weighted by Gasteiger charge is -2.36. The van der Waals surface area contributed by atoms with Crippen molar-refractivity contribution in [2.75, 3.05) is 13.1 Å². The summed E-state index contributed by atoms with van der Waals surface area (Å²) in [7, 11) is 0. The first-order chi connectivity index (χ1) is 7.20. The number of rotatable bonds is 2. The van der Waals surface area contributed by atoms with Crippen molar-refractivity contribution in [1.82, 2.24) is 4.90 Å². The van der Waals surface area contributed by atoms with Crippen LogP contribution in [0.2, 0.25) is 0 Å². The summed E-state index contributed by atoms with van der Waals surface area (Å²) < 4.78 is 0. The van der Waals surface area contributed by atoms with Crippen molar-refractivity contribution in [2.45, 2.75) is 13.0 Å². The number of carbonyl (C=O) groups is 1. The third-order valence-electron chi connectivity index (χ3n) is 2.32. The summed E-state index contributed by atoms with van der Waals surface area (Å²) in [6, 6.07) is 3.73. The summed E-state index contributed by atoms with van der Waals surface area (Å²) in [5.41, 5.74) is 8.20. The van der Waals surface area contributed by atoms with Crippen LogP contribution in [0.3, 0.4) is 0 Å². The van der Waals surface area contributed by atoms with Gasteiger partial charge in [-0.1, -0.05) is 5.11 Å². The van der Waals surface area contributed by atoms with Gasteiger partial charge in [0, 0.05) is 22.9 Å². The Kier molecular flexibility index (Phi) is 2.62. The van der Waals surface area contributed by atoms with Gasteiger partial charge in [0.2, 0.25) is 0 Å². The Hall–Kier alpha value is -1.52. The molecule has 78 valence electrons. The molecule has 0 saturated carbocycles. The molecule has 1 amide bonds. The molecule has 6 heteroatoms. The molecule has 1 aliphatic rings. The van der Waals surface area contributed by atoms with Crippen molar-refractivity contribution >= 4 is 17.2 Å². The van der Waals surface area contributed by atoms with Gasteiger partial charge in [-0.15, -0.1) is 11.3 Å². The fourth-order valence-electron chi connectivity index (χ4n) is 1.47. The van der Waals surface area contributed by atoms with E-state index in [-0.39, 0.29) is 11.9 Å². The molecule has 1 aromatic heterocycles. The van der Waals surface area contributed by atoms with Gasteiger partial charge in [0.1, 0.15) is 0 Å². The van der Waals surface area contributed by atoms with Gasteiger partial charge in [-0.3, -0.25) is 4.79 Å². The van der Waals surface area contributed by atoms with Crippen molar-refractivity contribution in [3.05, 3.63) is 32.3 Å². The Bertz CT molecular complexity index is 429. The van der Waals surface area contributed by atoms with E-state index in [1.54, 1.807) is 4.90 Å². The molecule has 15 heavy (non-hydrogen) atoms. The van der Waals surface area contributed by atoms with Crippen molar-refractivity contribution in [3.8, 4) is 0 Å². The normalized spacial score (nSPS) is 15.7. The lowest BCUT2D eigenvalue weighted by Crippen LogP contribution is -2.52. The minimum atomic E-state index is -0.0417. The lowest BCUT2D eigenvalue weighted by atomic mass is 10.1. The lowest BCUT2D eigenvalue weighted by molar-refractivity contribution is 0.0614. The van der Waals surface area contributed by atoms with E-state index in [0.717, 1.165) is 9.75 Å². The third kappa shape index (κ3) is 1.95. The molecule has 0 aromatic carbocycles. The van der Waals surface area contributed by atoms with Crippen LogP contribution in [0.1, 0.15) is 14.5 Å². The Morgan fingerprint density at radius 1 is 1.67 bits per heavy atom. The van der Waals surface area contributed by atoms with Crippen molar-refractivity contribution in [1.29, 1.82) is 0 Å². The summed E-state index contributed by atoms with van der Waals surface area (Å²) in [6.45, 7) is 3.06. The summed E-state index contributed by atoms with van der Waals surface area (Å²) >= 11 is 1.49. The van der Waals surface area contributed by atoms with Crippen LogP contribution in [0, 0.1) is 6.92 Å². The largest absolute Gasteiger partial charge is 0.337 e. The molecule has 0 aliphatic carbocycles. The monoisotopic (exact) mass is 222 g/mol. The molecule has 1 aliphatic heterocycles. The van der Waals surface area contributed by atoms with Crippen LogP contribution in [-0.4, -0.2) is 29.9 Å². The minimum absolute atomic E-state index is 0.0393. The predicted octanol–water partition coefficient (Wildman–Crippen LogP) is 2.19. The smallest absolute Gasteiger partial charge is 0.263 e. The second-order valence-corrected chi connectivity index (χ2v) is 4.77. The molecule has 0 atom stereocenters. The van der Waals surface area contributed by atoms with Crippen LogP contribution >= 0.6 is 11.3 Å². The molecule has 1 fully saturated rings. The summed E-state index contributed by atoms with van der Waals surface area (Å²) in [5, 5.41) is 3.55. The molecule has 2 rings (SSSR count). The fourth-order valence-corrected chi connectivity index (χ4v) is 2.31.